The molecule has 0 aromatic heterocycles. The van der Waals surface area contributed by atoms with Gasteiger partial charge in [0.05, 0.1) is 13.2 Å². The molecule has 0 aromatic rings. The maximum atomic E-state index is 9.09. The van der Waals surface area contributed by atoms with Crippen molar-refractivity contribution in [3.63, 3.8) is 0 Å². The summed E-state index contributed by atoms with van der Waals surface area (Å²) in [5.74, 6) is 0. The van der Waals surface area contributed by atoms with E-state index in [0.717, 1.165) is 24.8 Å². The Morgan fingerprint density at radius 1 is 0.818 bits per heavy atom. The van der Waals surface area contributed by atoms with E-state index in [9.17, 15) is 0 Å². The third-order valence-corrected chi connectivity index (χ3v) is 3.82. The number of aliphatic hydroxyl groups is 2. The summed E-state index contributed by atoms with van der Waals surface area (Å²) in [5.41, 5.74) is 3.98. The van der Waals surface area contributed by atoms with Crippen LogP contribution in [0.5, 0.6) is 0 Å². The first-order chi connectivity index (χ1) is 10.0. The van der Waals surface area contributed by atoms with Gasteiger partial charge in [0.15, 0.2) is 0 Å². The fourth-order valence-corrected chi connectivity index (χ4v) is 3.06. The van der Waals surface area contributed by atoms with Crippen molar-refractivity contribution in [1.29, 1.82) is 0 Å². The van der Waals surface area contributed by atoms with Gasteiger partial charge in [-0.2, -0.15) is 0 Å². The maximum Gasteiger partial charge on any atom is 0.0639 e. The zero-order chi connectivity index (χ0) is 17.4. The zero-order valence-electron chi connectivity index (χ0n) is 15.7. The van der Waals surface area contributed by atoms with Gasteiger partial charge in [0.1, 0.15) is 0 Å². The second-order valence-electron chi connectivity index (χ2n) is 8.14. The number of allylic oxidation sites excluding steroid dienone is 4. The Bertz CT molecular complexity index is 423. The molecule has 0 saturated carbocycles. The summed E-state index contributed by atoms with van der Waals surface area (Å²) in [4.78, 5) is 0. The van der Waals surface area contributed by atoms with Crippen LogP contribution >= 0.6 is 0 Å². The van der Waals surface area contributed by atoms with Crippen LogP contribution in [0.3, 0.4) is 0 Å². The van der Waals surface area contributed by atoms with Crippen molar-refractivity contribution in [2.75, 3.05) is 13.2 Å². The molecule has 2 N–H and O–H groups in total. The van der Waals surface area contributed by atoms with E-state index in [2.05, 4.69) is 53.7 Å². The first-order valence-electron chi connectivity index (χ1n) is 8.22. The van der Waals surface area contributed by atoms with Crippen LogP contribution in [-0.2, 0) is 0 Å². The van der Waals surface area contributed by atoms with Gasteiger partial charge in [-0.15, -0.1) is 0 Å². The quantitative estimate of drug-likeness (QED) is 0.586. The van der Waals surface area contributed by atoms with Gasteiger partial charge in [-0.25, -0.2) is 0 Å². The number of rotatable bonds is 9. The summed E-state index contributed by atoms with van der Waals surface area (Å²) in [6.07, 6.45) is 9.40. The van der Waals surface area contributed by atoms with Gasteiger partial charge in [-0.1, -0.05) is 62.6 Å². The van der Waals surface area contributed by atoms with E-state index in [4.69, 9.17) is 10.2 Å². The van der Waals surface area contributed by atoms with Gasteiger partial charge in [0.2, 0.25) is 0 Å². The van der Waals surface area contributed by atoms with E-state index < -0.39 is 0 Å². The third-order valence-electron chi connectivity index (χ3n) is 3.82. The van der Waals surface area contributed by atoms with Crippen molar-refractivity contribution < 1.29 is 10.2 Å². The molecular weight excluding hydrogens is 272 g/mol. The van der Waals surface area contributed by atoms with E-state index >= 15 is 0 Å². The Morgan fingerprint density at radius 3 is 1.91 bits per heavy atom. The lowest BCUT2D eigenvalue weighted by Gasteiger charge is -2.27. The van der Waals surface area contributed by atoms with E-state index in [0.29, 0.717) is 0 Å². The summed E-state index contributed by atoms with van der Waals surface area (Å²) in [7, 11) is 0. The lowest BCUT2D eigenvalue weighted by Crippen LogP contribution is -2.14. The Balaban J connectivity index is 4.80. The topological polar surface area (TPSA) is 40.5 Å². The van der Waals surface area contributed by atoms with Gasteiger partial charge < -0.3 is 10.2 Å². The minimum absolute atomic E-state index is 0.104. The standard InChI is InChI=1S/C20H36O2/c1-16(9-11-21)12-20(6,7)14-18(3)13-19(4,5)10-8-17(2)15-22/h8-9,14,21-22H,10-13,15H2,1-7H3/b16-9+,17-8+,18-14+. The van der Waals surface area contributed by atoms with Crippen LogP contribution in [0.1, 0.15) is 67.7 Å². The van der Waals surface area contributed by atoms with Crippen LogP contribution in [0, 0.1) is 10.8 Å². The normalized spacial score (nSPS) is 15.4. The second-order valence-corrected chi connectivity index (χ2v) is 8.14. The van der Waals surface area contributed by atoms with Crippen LogP contribution in [0.15, 0.2) is 34.9 Å². The molecule has 0 aliphatic carbocycles. The predicted octanol–water partition coefficient (Wildman–Crippen LogP) is 5.03. The third kappa shape index (κ3) is 9.97. The molecule has 0 saturated heterocycles. The van der Waals surface area contributed by atoms with E-state index in [1.54, 1.807) is 0 Å². The fourth-order valence-electron chi connectivity index (χ4n) is 3.06. The van der Waals surface area contributed by atoms with E-state index in [1.165, 1.54) is 11.1 Å². The van der Waals surface area contributed by atoms with Crippen molar-refractivity contribution in [1.82, 2.24) is 0 Å². The minimum atomic E-state index is 0.104. The van der Waals surface area contributed by atoms with Gasteiger partial charge in [0, 0.05) is 0 Å². The molecule has 2 nitrogen and oxygen atoms in total. The minimum Gasteiger partial charge on any atom is -0.392 e. The molecule has 0 aromatic carbocycles. The molecule has 0 heterocycles. The highest BCUT2D eigenvalue weighted by atomic mass is 16.3. The summed E-state index contributed by atoms with van der Waals surface area (Å²) >= 11 is 0. The average Bonchev–Trinajstić information content (AvgIpc) is 2.33. The van der Waals surface area contributed by atoms with E-state index in [-0.39, 0.29) is 24.0 Å². The summed E-state index contributed by atoms with van der Waals surface area (Å²) in [6.45, 7) is 15.6. The molecular formula is C20H36O2. The predicted molar refractivity (Wildman–Crippen MR) is 96.9 cm³/mol. The first kappa shape index (κ1) is 21.1. The highest BCUT2D eigenvalue weighted by molar-refractivity contribution is 5.13. The molecule has 0 bridgehead atoms. The number of hydrogen-bond acceptors (Lipinski definition) is 2. The highest BCUT2D eigenvalue weighted by Gasteiger charge is 2.20. The van der Waals surface area contributed by atoms with Gasteiger partial charge in [-0.05, 0) is 50.9 Å². The van der Waals surface area contributed by atoms with Crippen LogP contribution in [0.2, 0.25) is 0 Å². The monoisotopic (exact) mass is 308 g/mol. The Morgan fingerprint density at radius 2 is 1.41 bits per heavy atom. The molecule has 0 fully saturated rings. The second kappa shape index (κ2) is 9.32. The molecule has 22 heavy (non-hydrogen) atoms. The Hall–Kier alpha value is -0.860. The average molecular weight is 309 g/mol. The summed E-state index contributed by atoms with van der Waals surface area (Å²) < 4.78 is 0. The zero-order valence-corrected chi connectivity index (χ0v) is 15.7. The van der Waals surface area contributed by atoms with Crippen molar-refractivity contribution >= 4 is 0 Å². The molecule has 0 aliphatic heterocycles. The SMILES string of the molecule is C/C(=C\CC(C)(C)C/C(C)=C/C(C)(C)C/C(C)=C/CO)CO. The largest absolute Gasteiger partial charge is 0.392 e. The molecule has 0 aliphatic rings. The van der Waals surface area contributed by atoms with Gasteiger partial charge in [0.25, 0.3) is 0 Å². The molecule has 2 heteroatoms. The van der Waals surface area contributed by atoms with E-state index in [1.807, 2.05) is 13.0 Å². The maximum absolute atomic E-state index is 9.09. The Kier molecular flexibility index (Phi) is 8.95. The fraction of sp³-hybridized carbons (Fsp3) is 0.700. The molecule has 0 rings (SSSR count). The van der Waals surface area contributed by atoms with Gasteiger partial charge >= 0.3 is 0 Å². The molecule has 128 valence electrons. The van der Waals surface area contributed by atoms with Crippen LogP contribution in [-0.4, -0.2) is 23.4 Å². The number of hydrogen-bond donors (Lipinski definition) is 2. The smallest absolute Gasteiger partial charge is 0.0639 e. The molecule has 0 unspecified atom stereocenters. The van der Waals surface area contributed by atoms with Crippen LogP contribution in [0.4, 0.5) is 0 Å². The van der Waals surface area contributed by atoms with Crippen molar-refractivity contribution in [3.8, 4) is 0 Å². The molecule has 0 amide bonds. The molecule has 0 atom stereocenters. The Labute approximate surface area is 137 Å². The number of aliphatic hydroxyl groups excluding tert-OH is 2. The van der Waals surface area contributed by atoms with Crippen molar-refractivity contribution in [2.45, 2.75) is 67.7 Å². The summed E-state index contributed by atoms with van der Waals surface area (Å²) in [5, 5.41) is 18.1. The van der Waals surface area contributed by atoms with Crippen LogP contribution in [0.25, 0.3) is 0 Å². The van der Waals surface area contributed by atoms with Crippen LogP contribution < -0.4 is 0 Å². The summed E-state index contributed by atoms with van der Waals surface area (Å²) in [6, 6.07) is 0. The molecule has 0 spiro atoms. The highest BCUT2D eigenvalue weighted by Crippen LogP contribution is 2.34. The molecule has 0 radical (unpaired) electrons. The lowest BCUT2D eigenvalue weighted by atomic mass is 9.78. The van der Waals surface area contributed by atoms with Gasteiger partial charge in [-0.3, -0.25) is 0 Å². The lowest BCUT2D eigenvalue weighted by molar-refractivity contribution is 0.326. The van der Waals surface area contributed by atoms with Crippen molar-refractivity contribution in [2.24, 2.45) is 10.8 Å². The van der Waals surface area contributed by atoms with Crippen molar-refractivity contribution in [3.05, 3.63) is 34.9 Å². The first-order valence-corrected chi connectivity index (χ1v) is 8.22.